The molecule has 0 bridgehead atoms. The van der Waals surface area contributed by atoms with Crippen LogP contribution in [0.3, 0.4) is 0 Å². The maximum Gasteiger partial charge on any atom is 2.00 e. The minimum absolute atomic E-state index is 0. The van der Waals surface area contributed by atoms with Crippen LogP contribution in [0, 0.1) is 0 Å². The summed E-state index contributed by atoms with van der Waals surface area (Å²) in [6, 6.07) is 0. The smallest absolute Gasteiger partial charge is 1.00 e. The van der Waals surface area contributed by atoms with E-state index in [-0.39, 0.29) is 25.9 Å². The summed E-state index contributed by atoms with van der Waals surface area (Å²) in [4.78, 5) is 0. The maximum atomic E-state index is 7.83. The molecule has 0 fully saturated rings. The van der Waals surface area contributed by atoms with Crippen LogP contribution in [0.1, 0.15) is 9.78 Å². The maximum absolute atomic E-state index is 7.83. The van der Waals surface area contributed by atoms with Gasteiger partial charge in [0.15, 0.2) is 0 Å². The molecule has 0 aromatic rings. The minimum Gasteiger partial charge on any atom is -1.00 e. The fraction of sp³-hybridized carbons (Fsp3) is 1.00. The topological polar surface area (TPSA) is 46.2 Å². The van der Waals surface area contributed by atoms with Crippen molar-refractivity contribution in [2.75, 3.05) is 0 Å². The number of aliphatic hydroxyl groups is 1. The van der Waals surface area contributed by atoms with Crippen molar-refractivity contribution in [3.05, 3.63) is 0 Å². The van der Waals surface area contributed by atoms with E-state index in [1.54, 1.807) is 0 Å². The van der Waals surface area contributed by atoms with Gasteiger partial charge >= 0.3 is 23.1 Å². The first-order valence-electron chi connectivity index (χ1n) is 1.17. The van der Waals surface area contributed by atoms with E-state index >= 15 is 0 Å². The van der Waals surface area contributed by atoms with Crippen LogP contribution in [0.2, 0.25) is 0 Å². The van der Waals surface area contributed by atoms with Crippen molar-refractivity contribution >= 4 is 23.1 Å². The van der Waals surface area contributed by atoms with E-state index in [9.17, 15) is 0 Å². The van der Waals surface area contributed by atoms with Gasteiger partial charge in [-0.15, -0.1) is 0 Å². The van der Waals surface area contributed by atoms with Crippen LogP contribution in [-0.2, 0) is 0 Å². The summed E-state index contributed by atoms with van der Waals surface area (Å²) in [5.41, 5.74) is 4.67. The van der Waals surface area contributed by atoms with E-state index in [4.69, 9.17) is 5.11 Å². The zero-order valence-electron chi connectivity index (χ0n) is 5.31. The van der Waals surface area contributed by atoms with Crippen molar-refractivity contribution in [2.45, 2.75) is 13.2 Å². The third kappa shape index (κ3) is 71.8. The molecule has 0 heterocycles. The van der Waals surface area contributed by atoms with Crippen molar-refractivity contribution in [3.63, 3.8) is 0 Å². The monoisotopic (exact) mass is 87.1 g/mol. The summed E-state index contributed by atoms with van der Waals surface area (Å²) in [5.74, 6) is 0. The molecule has 0 rings (SSSR count). The third-order valence-corrected chi connectivity index (χ3v) is 0. The van der Waals surface area contributed by atoms with Gasteiger partial charge in [0, 0.05) is 0 Å². The zero-order valence-corrected chi connectivity index (χ0v) is 4.72. The number of nitrogens with two attached hydrogens (primary N) is 1. The Hall–Kier alpha value is 0.686. The van der Waals surface area contributed by atoms with Gasteiger partial charge in [-0.3, -0.25) is 0 Å². The predicted octanol–water partition coefficient (Wildman–Crippen LogP) is -0.872. The van der Waals surface area contributed by atoms with E-state index in [0.29, 0.717) is 0 Å². The summed E-state index contributed by atoms with van der Waals surface area (Å²) in [6.07, 6.45) is -0.667. The average molecular weight is 87.4 g/mol. The quantitative estimate of drug-likeness (QED) is 0.298. The number of hydrogen-bond donors (Lipinski definition) is 2. The fourth-order valence-corrected chi connectivity index (χ4v) is 0. The van der Waals surface area contributed by atoms with Crippen LogP contribution in [-0.4, -0.2) is 34.4 Å². The van der Waals surface area contributed by atoms with Gasteiger partial charge in [-0.2, -0.15) is 0 Å². The van der Waals surface area contributed by atoms with Gasteiger partial charge in [-0.25, -0.2) is 0 Å². The first-order valence-corrected chi connectivity index (χ1v) is 1.17. The second-order valence-corrected chi connectivity index (χ2v) is 0.741. The van der Waals surface area contributed by atoms with Crippen LogP contribution >= 0.6 is 0 Å². The summed E-state index contributed by atoms with van der Waals surface area (Å²) >= 11 is 0. The first-order chi connectivity index (χ1) is 1.73. The zero-order chi connectivity index (χ0) is 3.58. The number of rotatable bonds is 0. The van der Waals surface area contributed by atoms with Crippen molar-refractivity contribution < 1.29 is 7.96 Å². The molecule has 0 amide bonds. The number of hydrogen-bond acceptors (Lipinski definition) is 2. The van der Waals surface area contributed by atoms with Gasteiger partial charge in [-0.1, -0.05) is 0 Å². The van der Waals surface area contributed by atoms with Gasteiger partial charge in [0.25, 0.3) is 0 Å². The molecule has 2 nitrogen and oxygen atoms in total. The molecule has 0 radical (unpaired) electrons. The Morgan fingerprint density at radius 2 is 2.00 bits per heavy atom. The Balaban J connectivity index is -0.0000000150. The van der Waals surface area contributed by atoms with Crippen molar-refractivity contribution in [1.29, 1.82) is 0 Å². The Labute approximate surface area is 50.5 Å². The Kier molecular flexibility index (Phi) is 8.61. The van der Waals surface area contributed by atoms with Gasteiger partial charge in [0.2, 0.25) is 0 Å². The second kappa shape index (κ2) is 4.69. The SMILES string of the molecule is CC(N)O.[H-].[H-].[Mg+2]. The molecule has 30 valence electrons. The molecule has 0 aromatic heterocycles. The van der Waals surface area contributed by atoms with E-state index in [0.717, 1.165) is 0 Å². The third-order valence-electron chi connectivity index (χ3n) is 0. The molecule has 0 saturated carbocycles. The molecular formula is C2H9MgNO. The Bertz CT molecular complexity index is 20.4. The number of aliphatic hydroxyl groups excluding tert-OH is 1. The second-order valence-electron chi connectivity index (χ2n) is 0.741. The molecule has 1 atom stereocenters. The molecule has 0 saturated heterocycles. The summed E-state index contributed by atoms with van der Waals surface area (Å²) in [5, 5.41) is 7.83. The molecule has 0 aliphatic rings. The molecule has 0 spiro atoms. The molecule has 0 aromatic carbocycles. The Morgan fingerprint density at radius 3 is 2.00 bits per heavy atom. The van der Waals surface area contributed by atoms with Crippen LogP contribution in [0.25, 0.3) is 0 Å². The molecule has 0 aliphatic carbocycles. The van der Waals surface area contributed by atoms with Gasteiger partial charge < -0.3 is 13.7 Å². The molecule has 1 unspecified atom stereocenters. The van der Waals surface area contributed by atoms with Gasteiger partial charge in [0.1, 0.15) is 0 Å². The van der Waals surface area contributed by atoms with Gasteiger partial charge in [0.05, 0.1) is 6.23 Å². The Morgan fingerprint density at radius 1 is 2.00 bits per heavy atom. The van der Waals surface area contributed by atoms with Crippen LogP contribution in [0.15, 0.2) is 0 Å². The van der Waals surface area contributed by atoms with Crippen molar-refractivity contribution in [2.24, 2.45) is 5.73 Å². The summed E-state index contributed by atoms with van der Waals surface area (Å²) in [6.45, 7) is 1.50. The van der Waals surface area contributed by atoms with Crippen molar-refractivity contribution in [1.82, 2.24) is 0 Å². The van der Waals surface area contributed by atoms with Crippen LogP contribution in [0.5, 0.6) is 0 Å². The molecule has 3 heteroatoms. The minimum atomic E-state index is -0.667. The fourth-order valence-electron chi connectivity index (χ4n) is 0. The first kappa shape index (κ1) is 9.19. The van der Waals surface area contributed by atoms with E-state index in [2.05, 4.69) is 5.73 Å². The van der Waals surface area contributed by atoms with Crippen molar-refractivity contribution in [3.8, 4) is 0 Å². The largest absolute Gasteiger partial charge is 2.00 e. The standard InChI is InChI=1S/C2H7NO.Mg.2H/c1-2(3)4;;;/h2,4H,3H2,1H3;;;/q;+2;2*-1. The predicted molar refractivity (Wildman–Crippen MR) is 23.8 cm³/mol. The van der Waals surface area contributed by atoms with E-state index in [1.807, 2.05) is 0 Å². The van der Waals surface area contributed by atoms with Gasteiger partial charge in [-0.05, 0) is 6.92 Å². The van der Waals surface area contributed by atoms with E-state index < -0.39 is 6.23 Å². The normalized spacial score (nSPS) is 12.6. The molecular weight excluding hydrogens is 78.3 g/mol. The molecule has 5 heavy (non-hydrogen) atoms. The summed E-state index contributed by atoms with van der Waals surface area (Å²) in [7, 11) is 0. The van der Waals surface area contributed by atoms with E-state index in [1.165, 1.54) is 6.92 Å². The summed E-state index contributed by atoms with van der Waals surface area (Å²) < 4.78 is 0. The average Bonchev–Trinajstić information content (AvgIpc) is 0.811. The molecule has 3 N–H and O–H groups in total. The van der Waals surface area contributed by atoms with Crippen LogP contribution in [0.4, 0.5) is 0 Å². The molecule has 0 aliphatic heterocycles. The van der Waals surface area contributed by atoms with Crippen LogP contribution < -0.4 is 5.73 Å².